The summed E-state index contributed by atoms with van der Waals surface area (Å²) < 4.78 is 4.90. The highest BCUT2D eigenvalue weighted by Gasteiger charge is 2.09. The average molecular weight is 248 g/mol. The second-order valence-corrected chi connectivity index (χ2v) is 3.92. The van der Waals surface area contributed by atoms with E-state index >= 15 is 0 Å². The van der Waals surface area contributed by atoms with Gasteiger partial charge in [0.2, 0.25) is 5.89 Å². The highest BCUT2D eigenvalue weighted by atomic mass is 16.5. The molecule has 0 fully saturated rings. The lowest BCUT2D eigenvalue weighted by atomic mass is 10.1. The highest BCUT2D eigenvalue weighted by molar-refractivity contribution is 5.54. The summed E-state index contributed by atoms with van der Waals surface area (Å²) in [4.78, 5) is 12.3. The zero-order valence-electron chi connectivity index (χ0n) is 10.5. The predicted molar refractivity (Wildman–Crippen MR) is 66.8 cm³/mol. The Morgan fingerprint density at radius 2 is 2.22 bits per heavy atom. The molecule has 0 unspecified atom stereocenters. The molecule has 0 aromatic carbocycles. The van der Waals surface area contributed by atoms with E-state index in [-0.39, 0.29) is 0 Å². The topological polar surface area (TPSA) is 103 Å². The maximum atomic E-state index is 5.84. The standard InChI is InChI=1S/C11H16N6O/c1-3-4-8-10(12)14-6-15-11(8)13-5-9-16-7(2)18-17-9/h6H,3-5H2,1-2H3,(H3,12,13,14,15). The Balaban J connectivity index is 2.11. The van der Waals surface area contributed by atoms with Gasteiger partial charge in [-0.1, -0.05) is 18.5 Å². The molecule has 7 heteroatoms. The molecule has 2 aromatic rings. The smallest absolute Gasteiger partial charge is 0.223 e. The summed E-state index contributed by atoms with van der Waals surface area (Å²) in [6.45, 7) is 4.28. The predicted octanol–water partition coefficient (Wildman–Crippen LogP) is 1.31. The van der Waals surface area contributed by atoms with Crippen LogP contribution >= 0.6 is 0 Å². The molecular formula is C11H16N6O. The molecule has 0 radical (unpaired) electrons. The fourth-order valence-corrected chi connectivity index (χ4v) is 1.65. The summed E-state index contributed by atoms with van der Waals surface area (Å²) in [6.07, 6.45) is 3.26. The molecule has 0 atom stereocenters. The lowest BCUT2D eigenvalue weighted by Crippen LogP contribution is -2.09. The van der Waals surface area contributed by atoms with Crippen molar-refractivity contribution in [2.24, 2.45) is 0 Å². The number of hydrogen-bond acceptors (Lipinski definition) is 7. The maximum absolute atomic E-state index is 5.84. The van der Waals surface area contributed by atoms with E-state index in [9.17, 15) is 0 Å². The third-order valence-corrected chi connectivity index (χ3v) is 2.46. The van der Waals surface area contributed by atoms with Crippen LogP contribution in [0.4, 0.5) is 11.6 Å². The largest absolute Gasteiger partial charge is 0.383 e. The minimum absolute atomic E-state index is 0.449. The van der Waals surface area contributed by atoms with Crippen LogP contribution in [0.15, 0.2) is 10.9 Å². The number of nitrogens with two attached hydrogens (primary N) is 1. The average Bonchev–Trinajstić information content (AvgIpc) is 2.76. The fourth-order valence-electron chi connectivity index (χ4n) is 1.65. The number of aryl methyl sites for hydroxylation is 1. The van der Waals surface area contributed by atoms with Crippen LogP contribution in [-0.4, -0.2) is 20.1 Å². The van der Waals surface area contributed by atoms with Crippen LogP contribution in [0.5, 0.6) is 0 Å². The molecule has 0 amide bonds. The van der Waals surface area contributed by atoms with Gasteiger partial charge in [0.15, 0.2) is 5.82 Å². The van der Waals surface area contributed by atoms with Crippen LogP contribution < -0.4 is 11.1 Å². The molecule has 2 heterocycles. The summed E-state index contributed by atoms with van der Waals surface area (Å²) in [5.41, 5.74) is 6.77. The molecule has 18 heavy (non-hydrogen) atoms. The van der Waals surface area contributed by atoms with Gasteiger partial charge in [0, 0.05) is 12.5 Å². The molecule has 0 saturated heterocycles. The van der Waals surface area contributed by atoms with Crippen LogP contribution in [0.2, 0.25) is 0 Å². The van der Waals surface area contributed by atoms with Gasteiger partial charge in [0.25, 0.3) is 0 Å². The van der Waals surface area contributed by atoms with Crippen molar-refractivity contribution in [3.63, 3.8) is 0 Å². The van der Waals surface area contributed by atoms with E-state index < -0.39 is 0 Å². The molecule has 3 N–H and O–H groups in total. The van der Waals surface area contributed by atoms with E-state index in [0.29, 0.717) is 24.1 Å². The molecule has 0 aliphatic heterocycles. The van der Waals surface area contributed by atoms with E-state index in [4.69, 9.17) is 10.3 Å². The van der Waals surface area contributed by atoms with E-state index in [1.807, 2.05) is 0 Å². The van der Waals surface area contributed by atoms with Gasteiger partial charge >= 0.3 is 0 Å². The van der Waals surface area contributed by atoms with Crippen molar-refractivity contribution in [3.8, 4) is 0 Å². The van der Waals surface area contributed by atoms with Gasteiger partial charge in [-0.15, -0.1) is 0 Å². The molecule has 0 aliphatic carbocycles. The first-order valence-electron chi connectivity index (χ1n) is 5.83. The summed E-state index contributed by atoms with van der Waals surface area (Å²) in [5.74, 6) is 2.38. The molecule has 7 nitrogen and oxygen atoms in total. The monoisotopic (exact) mass is 248 g/mol. The van der Waals surface area contributed by atoms with Crippen molar-refractivity contribution in [1.82, 2.24) is 20.1 Å². The quantitative estimate of drug-likeness (QED) is 0.822. The molecular weight excluding hydrogens is 232 g/mol. The lowest BCUT2D eigenvalue weighted by Gasteiger charge is -2.10. The van der Waals surface area contributed by atoms with E-state index in [1.54, 1.807) is 6.92 Å². The Bertz CT molecular complexity index is 524. The SMILES string of the molecule is CCCc1c(N)ncnc1NCc1noc(C)n1. The van der Waals surface area contributed by atoms with Crippen molar-refractivity contribution in [1.29, 1.82) is 0 Å². The highest BCUT2D eigenvalue weighted by Crippen LogP contribution is 2.19. The number of nitrogens with zero attached hydrogens (tertiary/aromatic N) is 4. The Kier molecular flexibility index (Phi) is 3.71. The third-order valence-electron chi connectivity index (χ3n) is 2.46. The van der Waals surface area contributed by atoms with Gasteiger partial charge in [0.05, 0.1) is 6.54 Å². The second-order valence-electron chi connectivity index (χ2n) is 3.92. The van der Waals surface area contributed by atoms with Gasteiger partial charge in [-0.25, -0.2) is 9.97 Å². The van der Waals surface area contributed by atoms with Gasteiger partial charge in [-0.3, -0.25) is 0 Å². The summed E-state index contributed by atoms with van der Waals surface area (Å²) in [5, 5.41) is 6.96. The molecule has 2 aromatic heterocycles. The minimum Gasteiger partial charge on any atom is -0.383 e. The molecule has 96 valence electrons. The Morgan fingerprint density at radius 3 is 2.89 bits per heavy atom. The summed E-state index contributed by atoms with van der Waals surface area (Å²) >= 11 is 0. The van der Waals surface area contributed by atoms with Crippen LogP contribution in [-0.2, 0) is 13.0 Å². The number of aromatic nitrogens is 4. The first kappa shape index (κ1) is 12.3. The van der Waals surface area contributed by atoms with Gasteiger partial charge in [-0.2, -0.15) is 4.98 Å². The van der Waals surface area contributed by atoms with Crippen molar-refractivity contribution in [2.75, 3.05) is 11.1 Å². The number of nitrogens with one attached hydrogen (secondary N) is 1. The summed E-state index contributed by atoms with van der Waals surface area (Å²) in [6, 6.07) is 0. The fraction of sp³-hybridized carbons (Fsp3) is 0.455. The Morgan fingerprint density at radius 1 is 1.39 bits per heavy atom. The minimum atomic E-state index is 0.449. The zero-order chi connectivity index (χ0) is 13.0. The van der Waals surface area contributed by atoms with Gasteiger partial charge in [-0.05, 0) is 6.42 Å². The third kappa shape index (κ3) is 2.73. The van der Waals surface area contributed by atoms with Crippen molar-refractivity contribution < 1.29 is 4.52 Å². The van der Waals surface area contributed by atoms with E-state index in [2.05, 4.69) is 32.3 Å². The van der Waals surface area contributed by atoms with Crippen molar-refractivity contribution in [3.05, 3.63) is 23.6 Å². The number of rotatable bonds is 5. The number of hydrogen-bond donors (Lipinski definition) is 2. The van der Waals surface area contributed by atoms with E-state index in [1.165, 1.54) is 6.33 Å². The molecule has 0 aliphatic rings. The van der Waals surface area contributed by atoms with Crippen molar-refractivity contribution >= 4 is 11.6 Å². The second kappa shape index (κ2) is 5.44. The Labute approximate surface area is 105 Å². The van der Waals surface area contributed by atoms with Crippen molar-refractivity contribution in [2.45, 2.75) is 33.2 Å². The Hall–Kier alpha value is -2.18. The van der Waals surface area contributed by atoms with Crippen LogP contribution in [0.1, 0.15) is 30.6 Å². The van der Waals surface area contributed by atoms with E-state index in [0.717, 1.165) is 24.2 Å². The van der Waals surface area contributed by atoms with Crippen LogP contribution in [0.3, 0.4) is 0 Å². The van der Waals surface area contributed by atoms with Gasteiger partial charge < -0.3 is 15.6 Å². The lowest BCUT2D eigenvalue weighted by molar-refractivity contribution is 0.388. The number of anilines is 2. The molecule has 2 rings (SSSR count). The van der Waals surface area contributed by atoms with Crippen LogP contribution in [0.25, 0.3) is 0 Å². The van der Waals surface area contributed by atoms with Crippen LogP contribution in [0, 0.1) is 6.92 Å². The number of nitrogen functional groups attached to an aromatic ring is 1. The first-order chi connectivity index (χ1) is 8.70. The summed E-state index contributed by atoms with van der Waals surface area (Å²) in [7, 11) is 0. The van der Waals surface area contributed by atoms with Gasteiger partial charge in [0.1, 0.15) is 18.0 Å². The first-order valence-corrected chi connectivity index (χ1v) is 5.83. The molecule has 0 saturated carbocycles. The zero-order valence-corrected chi connectivity index (χ0v) is 10.5. The molecule has 0 bridgehead atoms. The maximum Gasteiger partial charge on any atom is 0.223 e. The normalized spacial score (nSPS) is 10.6. The molecule has 0 spiro atoms.